The van der Waals surface area contributed by atoms with Crippen molar-refractivity contribution in [2.45, 2.75) is 27.2 Å². The van der Waals surface area contributed by atoms with Crippen LogP contribution >= 0.6 is 0 Å². The molecule has 0 fully saturated rings. The van der Waals surface area contributed by atoms with E-state index in [0.29, 0.717) is 0 Å². The number of rotatable bonds is 4. The van der Waals surface area contributed by atoms with E-state index in [4.69, 9.17) is 4.74 Å². The van der Waals surface area contributed by atoms with Gasteiger partial charge in [-0.15, -0.1) is 5.73 Å². The molecule has 0 atom stereocenters. The molecule has 0 aromatic heterocycles. The van der Waals surface area contributed by atoms with E-state index in [1.165, 1.54) is 5.56 Å². The van der Waals surface area contributed by atoms with E-state index < -0.39 is 0 Å². The quantitative estimate of drug-likeness (QED) is 0.694. The third-order valence-corrected chi connectivity index (χ3v) is 2.62. The summed E-state index contributed by atoms with van der Waals surface area (Å²) in [6.45, 7) is 14.2. The van der Waals surface area contributed by atoms with Crippen LogP contribution in [-0.4, -0.2) is 7.11 Å². The number of methoxy groups -OCH3 is 1. The fourth-order valence-corrected chi connectivity index (χ4v) is 2.06. The molecule has 96 valence electrons. The highest BCUT2D eigenvalue weighted by molar-refractivity contribution is 5.68. The van der Waals surface area contributed by atoms with Crippen molar-refractivity contribution in [1.82, 2.24) is 0 Å². The fourth-order valence-electron chi connectivity index (χ4n) is 2.06. The molecule has 1 aromatic carbocycles. The lowest BCUT2D eigenvalue weighted by Gasteiger charge is -2.20. The van der Waals surface area contributed by atoms with Crippen LogP contribution in [0, 0.1) is 5.41 Å². The second-order valence-electron chi connectivity index (χ2n) is 5.60. The number of hydrogen-bond donors (Lipinski definition) is 0. The Labute approximate surface area is 110 Å². The maximum atomic E-state index is 5.43. The van der Waals surface area contributed by atoms with Crippen LogP contribution < -0.4 is 4.74 Å². The zero-order valence-corrected chi connectivity index (χ0v) is 11.8. The van der Waals surface area contributed by atoms with Gasteiger partial charge < -0.3 is 4.74 Å². The first-order valence-electron chi connectivity index (χ1n) is 6.10. The summed E-state index contributed by atoms with van der Waals surface area (Å²) in [5.74, 6) is 0.832. The van der Waals surface area contributed by atoms with Crippen LogP contribution in [-0.2, 0) is 6.42 Å². The normalized spacial score (nSPS) is 10.7. The number of benzene rings is 1. The Morgan fingerprint density at radius 2 is 1.89 bits per heavy atom. The lowest BCUT2D eigenvalue weighted by Crippen LogP contribution is -2.09. The summed E-state index contributed by atoms with van der Waals surface area (Å²) in [6, 6.07) is 4.27. The molecule has 1 rings (SSSR count). The molecular weight excluding hydrogens is 220 g/mol. The molecule has 0 bridgehead atoms. The molecule has 0 N–H and O–H groups in total. The molecule has 0 saturated carbocycles. The highest BCUT2D eigenvalue weighted by Gasteiger charge is 2.14. The lowest BCUT2D eigenvalue weighted by atomic mass is 9.86. The number of ether oxygens (including phenoxy) is 1. The van der Waals surface area contributed by atoms with Crippen molar-refractivity contribution >= 4 is 12.2 Å². The van der Waals surface area contributed by atoms with Gasteiger partial charge in [0.15, 0.2) is 0 Å². The van der Waals surface area contributed by atoms with Crippen molar-refractivity contribution in [3.8, 4) is 5.75 Å². The summed E-state index contributed by atoms with van der Waals surface area (Å²) in [7, 11) is 1.67. The average Bonchev–Trinajstić information content (AvgIpc) is 2.26. The summed E-state index contributed by atoms with van der Waals surface area (Å²) in [4.78, 5) is 0. The summed E-state index contributed by atoms with van der Waals surface area (Å²) >= 11 is 0. The van der Waals surface area contributed by atoms with E-state index in [-0.39, 0.29) is 5.41 Å². The summed E-state index contributed by atoms with van der Waals surface area (Å²) in [5.41, 5.74) is 6.36. The second kappa shape index (κ2) is 5.75. The molecule has 0 aliphatic carbocycles. The lowest BCUT2D eigenvalue weighted by molar-refractivity contribution is 0.405. The molecule has 0 heterocycles. The molecule has 0 spiro atoms. The molecule has 0 unspecified atom stereocenters. The van der Waals surface area contributed by atoms with Crippen molar-refractivity contribution in [2.24, 2.45) is 5.41 Å². The maximum absolute atomic E-state index is 5.43. The van der Waals surface area contributed by atoms with Crippen molar-refractivity contribution < 1.29 is 4.74 Å². The van der Waals surface area contributed by atoms with Crippen LogP contribution in [0.15, 0.2) is 31.0 Å². The molecule has 1 nitrogen and oxygen atoms in total. The first-order valence-corrected chi connectivity index (χ1v) is 6.10. The Balaban J connectivity index is 3.35. The summed E-state index contributed by atoms with van der Waals surface area (Å²) < 4.78 is 5.43. The van der Waals surface area contributed by atoms with E-state index in [1.807, 2.05) is 12.2 Å². The molecule has 0 amide bonds. The van der Waals surface area contributed by atoms with Gasteiger partial charge in [-0.3, -0.25) is 0 Å². The van der Waals surface area contributed by atoms with Gasteiger partial charge >= 0.3 is 0 Å². The summed E-state index contributed by atoms with van der Waals surface area (Å²) in [5, 5.41) is 0. The zero-order valence-electron chi connectivity index (χ0n) is 11.8. The maximum Gasteiger partial charge on any atom is 0.133 e. The van der Waals surface area contributed by atoms with Crippen LogP contribution in [0.2, 0.25) is 0 Å². The Bertz CT molecular complexity index is 483. The second-order valence-corrected chi connectivity index (χ2v) is 5.60. The first-order chi connectivity index (χ1) is 8.41. The highest BCUT2D eigenvalue weighted by Crippen LogP contribution is 2.30. The van der Waals surface area contributed by atoms with E-state index in [0.717, 1.165) is 23.3 Å². The largest absolute Gasteiger partial charge is 0.495 e. The molecule has 0 radical (unpaired) electrons. The molecular formula is C17H22O. The topological polar surface area (TPSA) is 9.23 Å². The molecule has 1 aromatic rings. The third kappa shape index (κ3) is 3.65. The predicted octanol–water partition coefficient (Wildman–Crippen LogP) is 4.72. The minimum Gasteiger partial charge on any atom is -0.495 e. The van der Waals surface area contributed by atoms with E-state index in [2.05, 4.69) is 51.8 Å². The monoisotopic (exact) mass is 242 g/mol. The zero-order chi connectivity index (χ0) is 13.8. The Morgan fingerprint density at radius 3 is 2.33 bits per heavy atom. The molecule has 0 aliphatic heterocycles. The minimum absolute atomic E-state index is 0.252. The Morgan fingerprint density at radius 1 is 1.28 bits per heavy atom. The van der Waals surface area contributed by atoms with Crippen molar-refractivity contribution in [2.75, 3.05) is 7.11 Å². The van der Waals surface area contributed by atoms with Crippen LogP contribution in [0.3, 0.4) is 0 Å². The minimum atomic E-state index is 0.252. The van der Waals surface area contributed by atoms with E-state index in [1.54, 1.807) is 7.11 Å². The third-order valence-electron chi connectivity index (χ3n) is 2.62. The summed E-state index contributed by atoms with van der Waals surface area (Å²) in [6.07, 6.45) is 4.68. The first kappa shape index (κ1) is 14.3. The molecule has 0 saturated heterocycles. The van der Waals surface area contributed by atoms with Gasteiger partial charge in [-0.25, -0.2) is 0 Å². The van der Waals surface area contributed by atoms with Crippen LogP contribution in [0.5, 0.6) is 5.75 Å². The smallest absolute Gasteiger partial charge is 0.133 e. The van der Waals surface area contributed by atoms with Gasteiger partial charge in [-0.2, -0.15) is 0 Å². The molecule has 18 heavy (non-hydrogen) atoms. The SMILES string of the molecule is C=C=Cc1cc(CC(C)(C)C)cc(C=C)c1OC. The van der Waals surface area contributed by atoms with Gasteiger partial charge in [0, 0.05) is 11.1 Å². The van der Waals surface area contributed by atoms with Crippen LogP contribution in [0.4, 0.5) is 0 Å². The van der Waals surface area contributed by atoms with Crippen LogP contribution in [0.25, 0.3) is 12.2 Å². The van der Waals surface area contributed by atoms with Gasteiger partial charge in [-0.05, 0) is 35.6 Å². The van der Waals surface area contributed by atoms with Gasteiger partial charge in [0.25, 0.3) is 0 Å². The Hall–Kier alpha value is -1.72. The molecule has 1 heteroatoms. The van der Waals surface area contributed by atoms with Crippen molar-refractivity contribution in [3.05, 3.63) is 47.7 Å². The van der Waals surface area contributed by atoms with Gasteiger partial charge in [-0.1, -0.05) is 40.0 Å². The van der Waals surface area contributed by atoms with Crippen molar-refractivity contribution in [1.29, 1.82) is 0 Å². The predicted molar refractivity (Wildman–Crippen MR) is 79.8 cm³/mol. The molecule has 0 aliphatic rings. The average molecular weight is 242 g/mol. The van der Waals surface area contributed by atoms with Gasteiger partial charge in [0.2, 0.25) is 0 Å². The highest BCUT2D eigenvalue weighted by atomic mass is 16.5. The van der Waals surface area contributed by atoms with Gasteiger partial charge in [0.1, 0.15) is 5.75 Å². The van der Waals surface area contributed by atoms with E-state index >= 15 is 0 Å². The van der Waals surface area contributed by atoms with E-state index in [9.17, 15) is 0 Å². The number of hydrogen-bond acceptors (Lipinski definition) is 1. The van der Waals surface area contributed by atoms with Crippen LogP contribution in [0.1, 0.15) is 37.5 Å². The fraction of sp³-hybridized carbons (Fsp3) is 0.353. The standard InChI is InChI=1S/C17H22O/c1-7-9-15-11-13(12-17(3,4)5)10-14(8-2)16(15)18-6/h8-11H,1-2,12H2,3-6H3. The van der Waals surface area contributed by atoms with Crippen molar-refractivity contribution in [3.63, 3.8) is 0 Å². The van der Waals surface area contributed by atoms with Gasteiger partial charge in [0.05, 0.1) is 7.11 Å². The Kier molecular flexibility index (Phi) is 4.58.